The standard InChI is InChI=1S/C24H24ClNO6/c1-14-19-8-7-18(31-2)12-21(19)32-24(30)20(14)9-10-22(27)26-13-16(11-23(28)29)15-3-5-17(25)6-4-15/h3-8,12,16H,9-11,13H2,1-2H3,(H,26,27)(H,28,29)/t16-/m0/s1. The van der Waals surface area contributed by atoms with E-state index < -0.39 is 17.5 Å². The second-order valence-electron chi connectivity index (χ2n) is 7.51. The molecule has 1 amide bonds. The SMILES string of the molecule is COc1ccc2c(C)c(CCC(=O)NC[C@H](CC(=O)O)c3ccc(Cl)cc3)c(=O)oc2c1. The third kappa shape index (κ3) is 5.68. The molecule has 0 spiro atoms. The maximum atomic E-state index is 12.5. The molecule has 32 heavy (non-hydrogen) atoms. The first-order valence-electron chi connectivity index (χ1n) is 10.1. The molecule has 168 valence electrons. The number of nitrogens with one attached hydrogen (secondary N) is 1. The molecular weight excluding hydrogens is 434 g/mol. The van der Waals surface area contributed by atoms with Gasteiger partial charge in [0.25, 0.3) is 0 Å². The van der Waals surface area contributed by atoms with Gasteiger partial charge in [-0.05, 0) is 48.7 Å². The molecule has 0 radical (unpaired) electrons. The fourth-order valence-corrected chi connectivity index (χ4v) is 3.73. The highest BCUT2D eigenvalue weighted by molar-refractivity contribution is 6.30. The van der Waals surface area contributed by atoms with Crippen LogP contribution < -0.4 is 15.7 Å². The van der Waals surface area contributed by atoms with Crippen LogP contribution in [0.15, 0.2) is 51.7 Å². The highest BCUT2D eigenvalue weighted by Crippen LogP contribution is 2.25. The Kier molecular flexibility index (Phi) is 7.53. The molecule has 0 bridgehead atoms. The highest BCUT2D eigenvalue weighted by atomic mass is 35.5. The molecular formula is C24H24ClNO6. The minimum Gasteiger partial charge on any atom is -0.497 e. The van der Waals surface area contributed by atoms with E-state index in [9.17, 15) is 19.5 Å². The topological polar surface area (TPSA) is 106 Å². The predicted octanol–water partition coefficient (Wildman–Crippen LogP) is 4.07. The first kappa shape index (κ1) is 23.3. The van der Waals surface area contributed by atoms with Crippen LogP contribution in [0.2, 0.25) is 5.02 Å². The number of carboxylic acid groups (broad SMARTS) is 1. The Balaban J connectivity index is 1.67. The number of hydrogen-bond acceptors (Lipinski definition) is 5. The molecule has 1 atom stereocenters. The van der Waals surface area contributed by atoms with E-state index in [1.165, 1.54) is 7.11 Å². The Morgan fingerprint density at radius 2 is 1.91 bits per heavy atom. The molecule has 7 nitrogen and oxygen atoms in total. The maximum absolute atomic E-state index is 12.5. The number of fused-ring (bicyclic) bond motifs is 1. The van der Waals surface area contributed by atoms with Crippen molar-refractivity contribution in [1.82, 2.24) is 5.32 Å². The van der Waals surface area contributed by atoms with Crippen LogP contribution in [0.3, 0.4) is 0 Å². The van der Waals surface area contributed by atoms with E-state index in [4.69, 9.17) is 20.8 Å². The van der Waals surface area contributed by atoms with Crippen molar-refractivity contribution in [1.29, 1.82) is 0 Å². The maximum Gasteiger partial charge on any atom is 0.339 e. The third-order valence-electron chi connectivity index (χ3n) is 5.40. The van der Waals surface area contributed by atoms with E-state index in [0.717, 1.165) is 16.5 Å². The van der Waals surface area contributed by atoms with Crippen LogP contribution in [0.25, 0.3) is 11.0 Å². The minimum absolute atomic E-state index is 0.0771. The summed E-state index contributed by atoms with van der Waals surface area (Å²) >= 11 is 5.90. The summed E-state index contributed by atoms with van der Waals surface area (Å²) in [7, 11) is 1.53. The van der Waals surface area contributed by atoms with Crippen molar-refractivity contribution >= 4 is 34.4 Å². The first-order chi connectivity index (χ1) is 15.3. The van der Waals surface area contributed by atoms with Crippen LogP contribution in [-0.2, 0) is 16.0 Å². The van der Waals surface area contributed by atoms with Crippen molar-refractivity contribution in [2.24, 2.45) is 0 Å². The zero-order valence-electron chi connectivity index (χ0n) is 17.8. The van der Waals surface area contributed by atoms with Crippen LogP contribution in [-0.4, -0.2) is 30.6 Å². The second-order valence-corrected chi connectivity index (χ2v) is 7.94. The van der Waals surface area contributed by atoms with E-state index in [1.807, 2.05) is 13.0 Å². The number of amides is 1. The zero-order valence-corrected chi connectivity index (χ0v) is 18.6. The lowest BCUT2D eigenvalue weighted by Gasteiger charge is -2.16. The Hall–Kier alpha value is -3.32. The number of benzene rings is 2. The Labute approximate surface area is 190 Å². The summed E-state index contributed by atoms with van der Waals surface area (Å²) in [5.41, 5.74) is 1.92. The molecule has 2 aromatic carbocycles. The summed E-state index contributed by atoms with van der Waals surface area (Å²) in [4.78, 5) is 36.1. The number of methoxy groups -OCH3 is 1. The average molecular weight is 458 g/mol. The molecule has 3 aromatic rings. The van der Waals surface area contributed by atoms with Gasteiger partial charge < -0.3 is 19.6 Å². The van der Waals surface area contributed by atoms with Crippen LogP contribution in [0.5, 0.6) is 5.75 Å². The predicted molar refractivity (Wildman–Crippen MR) is 122 cm³/mol. The summed E-state index contributed by atoms with van der Waals surface area (Å²) in [5, 5.41) is 13.3. The summed E-state index contributed by atoms with van der Waals surface area (Å²) in [5.74, 6) is -1.04. The normalized spacial score (nSPS) is 11.8. The fraction of sp³-hybridized carbons (Fsp3) is 0.292. The van der Waals surface area contributed by atoms with Crippen molar-refractivity contribution in [2.75, 3.05) is 13.7 Å². The number of carbonyl (C=O) groups excluding carboxylic acids is 1. The number of halogens is 1. The molecule has 0 aliphatic rings. The van der Waals surface area contributed by atoms with Crippen molar-refractivity contribution < 1.29 is 23.8 Å². The molecule has 0 saturated heterocycles. The van der Waals surface area contributed by atoms with Crippen LogP contribution in [0, 0.1) is 6.92 Å². The lowest BCUT2D eigenvalue weighted by molar-refractivity contribution is -0.137. The number of hydrogen-bond donors (Lipinski definition) is 2. The highest BCUT2D eigenvalue weighted by Gasteiger charge is 2.18. The van der Waals surface area contributed by atoms with E-state index >= 15 is 0 Å². The molecule has 0 aliphatic heterocycles. The minimum atomic E-state index is -0.958. The average Bonchev–Trinajstić information content (AvgIpc) is 2.76. The van der Waals surface area contributed by atoms with Gasteiger partial charge in [0.2, 0.25) is 5.91 Å². The van der Waals surface area contributed by atoms with Gasteiger partial charge in [0.15, 0.2) is 0 Å². The number of aryl methyl sites for hydroxylation is 1. The largest absolute Gasteiger partial charge is 0.497 e. The quantitative estimate of drug-likeness (QED) is 0.469. The fourth-order valence-electron chi connectivity index (χ4n) is 3.61. The van der Waals surface area contributed by atoms with Gasteiger partial charge in [0.1, 0.15) is 11.3 Å². The molecule has 1 heterocycles. The Morgan fingerprint density at radius 3 is 2.56 bits per heavy atom. The molecule has 0 unspecified atom stereocenters. The van der Waals surface area contributed by atoms with Gasteiger partial charge in [-0.2, -0.15) is 0 Å². The van der Waals surface area contributed by atoms with Crippen LogP contribution in [0.4, 0.5) is 0 Å². The van der Waals surface area contributed by atoms with Gasteiger partial charge in [-0.1, -0.05) is 23.7 Å². The summed E-state index contributed by atoms with van der Waals surface area (Å²) in [6.07, 6.45) is 0.166. The van der Waals surface area contributed by atoms with Crippen LogP contribution in [0.1, 0.15) is 35.4 Å². The summed E-state index contributed by atoms with van der Waals surface area (Å²) in [6.45, 7) is 1.99. The first-order valence-corrected chi connectivity index (χ1v) is 10.5. The van der Waals surface area contributed by atoms with Crippen molar-refractivity contribution in [3.8, 4) is 5.75 Å². The number of ether oxygens (including phenoxy) is 1. The summed E-state index contributed by atoms with van der Waals surface area (Å²) in [6, 6.07) is 12.1. The van der Waals surface area contributed by atoms with Gasteiger partial charge in [-0.3, -0.25) is 9.59 Å². The van der Waals surface area contributed by atoms with Crippen molar-refractivity contribution in [3.05, 3.63) is 74.6 Å². The van der Waals surface area contributed by atoms with Gasteiger partial charge in [0, 0.05) is 40.9 Å². The number of carboxylic acids is 1. The monoisotopic (exact) mass is 457 g/mol. The molecule has 0 saturated carbocycles. The summed E-state index contributed by atoms with van der Waals surface area (Å²) < 4.78 is 10.6. The second kappa shape index (κ2) is 10.3. The molecule has 3 rings (SSSR count). The van der Waals surface area contributed by atoms with Crippen LogP contribution >= 0.6 is 11.6 Å². The molecule has 0 fully saturated rings. The lowest BCUT2D eigenvalue weighted by atomic mass is 9.95. The zero-order chi connectivity index (χ0) is 23.3. The third-order valence-corrected chi connectivity index (χ3v) is 5.66. The van der Waals surface area contributed by atoms with Gasteiger partial charge in [0.05, 0.1) is 13.5 Å². The number of rotatable bonds is 9. The Morgan fingerprint density at radius 1 is 1.19 bits per heavy atom. The smallest absolute Gasteiger partial charge is 0.339 e. The van der Waals surface area contributed by atoms with Gasteiger partial charge in [-0.15, -0.1) is 0 Å². The molecule has 2 N–H and O–H groups in total. The molecule has 0 aliphatic carbocycles. The van der Waals surface area contributed by atoms with Crippen molar-refractivity contribution in [3.63, 3.8) is 0 Å². The number of aliphatic carboxylic acids is 1. The number of carbonyl (C=O) groups is 2. The van der Waals surface area contributed by atoms with Gasteiger partial charge >= 0.3 is 11.6 Å². The Bertz CT molecular complexity index is 1190. The van der Waals surface area contributed by atoms with E-state index in [-0.39, 0.29) is 31.7 Å². The van der Waals surface area contributed by atoms with E-state index in [0.29, 0.717) is 21.9 Å². The van der Waals surface area contributed by atoms with E-state index in [1.54, 1.807) is 36.4 Å². The molecule has 1 aromatic heterocycles. The van der Waals surface area contributed by atoms with Crippen molar-refractivity contribution in [2.45, 2.75) is 32.1 Å². The van der Waals surface area contributed by atoms with E-state index in [2.05, 4.69) is 5.32 Å². The lowest BCUT2D eigenvalue weighted by Crippen LogP contribution is -2.30. The van der Waals surface area contributed by atoms with Gasteiger partial charge in [-0.25, -0.2) is 4.79 Å². The molecule has 8 heteroatoms.